The molecule has 2 amide bonds. The molecule has 0 atom stereocenters. The maximum Gasteiger partial charge on any atom is 0.307 e. The number of nitrogens with two attached hydrogens (primary N) is 1. The maximum absolute atomic E-state index is 12.5. The van der Waals surface area contributed by atoms with Crippen molar-refractivity contribution >= 4 is 45.4 Å². The Hall–Kier alpha value is -6.10. The predicted octanol–water partition coefficient (Wildman–Crippen LogP) is 11.0. The third-order valence-corrected chi connectivity index (χ3v) is 10.2. The van der Waals surface area contributed by atoms with Crippen molar-refractivity contribution in [2.75, 3.05) is 6.54 Å². The number of fused-ring (bicyclic) bond motifs is 2. The zero-order valence-electron chi connectivity index (χ0n) is 35.6. The molecule has 320 valence electrons. The molecule has 1 fully saturated rings. The summed E-state index contributed by atoms with van der Waals surface area (Å²) < 4.78 is 0. The molecule has 4 aromatic carbocycles. The Morgan fingerprint density at radius 3 is 1.44 bits per heavy atom. The van der Waals surface area contributed by atoms with Crippen LogP contribution in [-0.2, 0) is 32.0 Å². The third kappa shape index (κ3) is 15.1. The second-order valence-electron chi connectivity index (χ2n) is 15.0. The van der Waals surface area contributed by atoms with Gasteiger partial charge in [-0.15, -0.1) is 0 Å². The first-order valence-corrected chi connectivity index (χ1v) is 21.5. The number of hydroxylamine groups is 2. The number of para-hydroxylation sites is 2. The van der Waals surface area contributed by atoms with Gasteiger partial charge in [0.1, 0.15) is 5.78 Å². The minimum absolute atomic E-state index is 0.0257. The summed E-state index contributed by atoms with van der Waals surface area (Å²) in [5.74, 6) is -1.54. The Morgan fingerprint density at radius 1 is 0.590 bits per heavy atom. The quantitative estimate of drug-likeness (QED) is 0.0489. The number of amides is 2. The number of aromatic nitrogens is 2. The Bertz CT molecular complexity index is 2280. The Balaban J connectivity index is 0.000000205. The molecule has 0 radical (unpaired) electrons. The number of Topliss-reactive ketones (excluding diaryl/α,β-unsaturated/α-hetero) is 1. The van der Waals surface area contributed by atoms with Crippen LogP contribution in [0.2, 0.25) is 0 Å². The van der Waals surface area contributed by atoms with Crippen molar-refractivity contribution in [3.05, 3.63) is 133 Å². The van der Waals surface area contributed by atoms with Gasteiger partial charge in [0.2, 0.25) is 0 Å². The van der Waals surface area contributed by atoms with Crippen LogP contribution in [0, 0.1) is 0 Å². The molecule has 1 aliphatic heterocycles. The van der Waals surface area contributed by atoms with Gasteiger partial charge < -0.3 is 10.8 Å². The molecule has 1 saturated heterocycles. The number of aliphatic carboxylic acids is 1. The Labute approximate surface area is 359 Å². The molecule has 6 aromatic rings. The summed E-state index contributed by atoms with van der Waals surface area (Å²) in [5.41, 5.74) is 13.2. The number of carbonyl (C=O) groups excluding carboxylic acids is 3. The number of benzene rings is 4. The number of ketones is 1. The minimum Gasteiger partial charge on any atom is -0.481 e. The summed E-state index contributed by atoms with van der Waals surface area (Å²) in [6, 6.07) is 36.1. The lowest BCUT2D eigenvalue weighted by Crippen LogP contribution is -2.24. The number of hydrogen-bond donors (Lipinski definition) is 3. The van der Waals surface area contributed by atoms with E-state index in [1.807, 2.05) is 97.2 Å². The lowest BCUT2D eigenvalue weighted by Gasteiger charge is -2.13. The number of nitrogens with zero attached hydrogens (tertiary/aromatic N) is 3. The summed E-state index contributed by atoms with van der Waals surface area (Å²) >= 11 is 0. The van der Waals surface area contributed by atoms with Gasteiger partial charge in [-0.2, -0.15) is 5.06 Å². The highest BCUT2D eigenvalue weighted by molar-refractivity contribution is 6.00. The first-order chi connectivity index (χ1) is 29.7. The van der Waals surface area contributed by atoms with Crippen LogP contribution in [-0.4, -0.2) is 55.5 Å². The first kappa shape index (κ1) is 47.6. The lowest BCUT2D eigenvalue weighted by molar-refractivity contribution is -0.171. The topological polar surface area (TPSA) is 164 Å². The zero-order valence-corrected chi connectivity index (χ0v) is 35.6. The normalized spacial score (nSPS) is 11.9. The highest BCUT2D eigenvalue weighted by Crippen LogP contribution is 2.33. The molecule has 0 aliphatic carbocycles. The van der Waals surface area contributed by atoms with Crippen molar-refractivity contribution in [2.45, 2.75) is 104 Å². The molecule has 61 heavy (non-hydrogen) atoms. The fourth-order valence-electron chi connectivity index (χ4n) is 7.05. The summed E-state index contributed by atoms with van der Waals surface area (Å²) in [7, 11) is 0. The van der Waals surface area contributed by atoms with Gasteiger partial charge in [-0.1, -0.05) is 156 Å². The van der Waals surface area contributed by atoms with Gasteiger partial charge in [-0.3, -0.25) is 34.4 Å². The van der Waals surface area contributed by atoms with E-state index in [2.05, 4.69) is 42.0 Å². The highest BCUT2D eigenvalue weighted by Gasteiger charge is 2.26. The van der Waals surface area contributed by atoms with Crippen molar-refractivity contribution in [2.24, 2.45) is 5.73 Å². The second kappa shape index (κ2) is 26.2. The van der Waals surface area contributed by atoms with Crippen LogP contribution >= 0.6 is 0 Å². The van der Waals surface area contributed by atoms with Crippen LogP contribution in [0.5, 0.6) is 0 Å². The van der Waals surface area contributed by atoms with Gasteiger partial charge in [-0.05, 0) is 64.9 Å². The van der Waals surface area contributed by atoms with Gasteiger partial charge in [0, 0.05) is 48.8 Å². The second-order valence-corrected chi connectivity index (χ2v) is 15.0. The number of rotatable bonds is 16. The van der Waals surface area contributed by atoms with E-state index in [1.165, 1.54) is 44.9 Å². The van der Waals surface area contributed by atoms with E-state index in [4.69, 9.17) is 16.0 Å². The predicted molar refractivity (Wildman–Crippen MR) is 244 cm³/mol. The van der Waals surface area contributed by atoms with Crippen molar-refractivity contribution in [1.29, 1.82) is 0 Å². The number of unbranched alkanes of at least 4 members (excludes halogenated alkanes) is 7. The number of carboxylic acid groups (broad SMARTS) is 1. The average Bonchev–Trinajstić information content (AvgIpc) is 3.58. The molecule has 4 N–H and O–H groups in total. The molecule has 0 bridgehead atoms. The SMILES string of the molecule is CCCCCCCC(=O)Cc1cnc2ccccc2c1-c1ccccc1.CCCCCCN.O=C(O)Cc1cnc2ccccc2c1-c1ccccc1.O=C1CCC(=O)N1O. The van der Waals surface area contributed by atoms with Gasteiger partial charge >= 0.3 is 5.97 Å². The van der Waals surface area contributed by atoms with Crippen LogP contribution in [0.15, 0.2) is 122 Å². The molecule has 10 heteroatoms. The number of carbonyl (C=O) groups is 4. The molecule has 0 unspecified atom stereocenters. The standard InChI is InChI=1S/C24H27NO.C17H13NO2.C6H15N.C4H5NO3/c1-2-3-4-5-9-14-21(26)17-20-18-25-23-16-11-10-15-22(23)24(20)19-12-7-6-8-13-19;19-16(20)10-13-11-18-15-9-5-4-8-14(15)17(13)12-6-2-1-3-7-12;1-2-3-4-5-6-7;6-3-1-2-4(7)5(3)8/h6-8,10-13,15-16,18H,2-5,9,14,17H2,1H3;1-9,11H,10H2,(H,19,20);2-7H2,1H3;8H,1-2H2. The number of imide groups is 1. The first-order valence-electron chi connectivity index (χ1n) is 21.5. The summed E-state index contributed by atoms with van der Waals surface area (Å²) in [6.45, 7) is 5.28. The highest BCUT2D eigenvalue weighted by atomic mass is 16.5. The lowest BCUT2D eigenvalue weighted by atomic mass is 9.93. The molecule has 3 heterocycles. The zero-order chi connectivity index (χ0) is 43.8. The van der Waals surface area contributed by atoms with E-state index >= 15 is 0 Å². The third-order valence-electron chi connectivity index (χ3n) is 10.2. The van der Waals surface area contributed by atoms with Gasteiger partial charge in [0.25, 0.3) is 11.8 Å². The summed E-state index contributed by atoms with van der Waals surface area (Å²) in [5, 5.41) is 19.8. The number of carboxylic acids is 1. The van der Waals surface area contributed by atoms with Crippen molar-refractivity contribution in [3.63, 3.8) is 0 Å². The van der Waals surface area contributed by atoms with Crippen LogP contribution in [0.1, 0.15) is 102 Å². The number of hydrogen-bond acceptors (Lipinski definition) is 8. The maximum atomic E-state index is 12.5. The summed E-state index contributed by atoms with van der Waals surface area (Å²) in [6.07, 6.45) is 16.0. The summed E-state index contributed by atoms with van der Waals surface area (Å²) in [4.78, 5) is 53.0. The van der Waals surface area contributed by atoms with E-state index in [0.29, 0.717) is 18.6 Å². The minimum atomic E-state index is -0.848. The van der Waals surface area contributed by atoms with E-state index < -0.39 is 17.8 Å². The smallest absolute Gasteiger partial charge is 0.307 e. The molecular formula is C51H60N4O6. The van der Waals surface area contributed by atoms with E-state index in [0.717, 1.165) is 74.6 Å². The van der Waals surface area contributed by atoms with Crippen molar-refractivity contribution in [3.8, 4) is 22.3 Å². The molecule has 7 rings (SSSR count). The van der Waals surface area contributed by atoms with Crippen molar-refractivity contribution < 1.29 is 29.5 Å². The molecule has 2 aromatic heterocycles. The molecular weight excluding hydrogens is 765 g/mol. The Kier molecular flexibility index (Phi) is 20.4. The van der Waals surface area contributed by atoms with Crippen LogP contribution in [0.25, 0.3) is 44.1 Å². The molecule has 0 spiro atoms. The fraction of sp³-hybridized carbons (Fsp3) is 0.333. The van der Waals surface area contributed by atoms with E-state index in [1.54, 1.807) is 6.20 Å². The van der Waals surface area contributed by atoms with Gasteiger partial charge in [-0.25, -0.2) is 0 Å². The fourth-order valence-corrected chi connectivity index (χ4v) is 7.05. The molecule has 0 saturated carbocycles. The largest absolute Gasteiger partial charge is 0.481 e. The molecule has 10 nitrogen and oxygen atoms in total. The Morgan fingerprint density at radius 2 is 1.02 bits per heavy atom. The van der Waals surface area contributed by atoms with E-state index in [-0.39, 0.29) is 24.3 Å². The van der Waals surface area contributed by atoms with Crippen LogP contribution in [0.3, 0.4) is 0 Å². The average molecular weight is 825 g/mol. The van der Waals surface area contributed by atoms with Crippen LogP contribution in [0.4, 0.5) is 0 Å². The molecule has 1 aliphatic rings. The van der Waals surface area contributed by atoms with Crippen LogP contribution < -0.4 is 5.73 Å². The van der Waals surface area contributed by atoms with Crippen molar-refractivity contribution in [1.82, 2.24) is 15.0 Å². The van der Waals surface area contributed by atoms with Gasteiger partial charge in [0.15, 0.2) is 0 Å². The van der Waals surface area contributed by atoms with E-state index in [9.17, 15) is 19.2 Å². The monoisotopic (exact) mass is 824 g/mol. The van der Waals surface area contributed by atoms with Gasteiger partial charge in [0.05, 0.1) is 17.5 Å². The number of pyridine rings is 2.